The molecule has 0 aliphatic carbocycles. The van der Waals surface area contributed by atoms with Crippen molar-refractivity contribution in [3.05, 3.63) is 53.5 Å². The van der Waals surface area contributed by atoms with Crippen LogP contribution < -0.4 is 9.62 Å². The zero-order valence-corrected chi connectivity index (χ0v) is 14.3. The van der Waals surface area contributed by atoms with Gasteiger partial charge in [0, 0.05) is 18.3 Å². The van der Waals surface area contributed by atoms with E-state index in [-0.39, 0.29) is 10.8 Å². The summed E-state index contributed by atoms with van der Waals surface area (Å²) in [7, 11) is -2.11. The molecule has 2 heterocycles. The smallest absolute Gasteiger partial charge is 0.251 e. The number of nitrogens with zero attached hydrogens (tertiary/aromatic N) is 1. The third-order valence-corrected chi connectivity index (χ3v) is 5.35. The van der Waals surface area contributed by atoms with Crippen LogP contribution >= 0.6 is 0 Å². The first kappa shape index (κ1) is 16.5. The summed E-state index contributed by atoms with van der Waals surface area (Å²) in [6.07, 6.45) is 3.72. The van der Waals surface area contributed by atoms with E-state index in [1.165, 1.54) is 19.2 Å². The quantitative estimate of drug-likeness (QED) is 0.860. The molecule has 0 saturated carbocycles. The number of furan rings is 1. The zero-order valence-electron chi connectivity index (χ0n) is 13.4. The number of amides is 1. The van der Waals surface area contributed by atoms with E-state index in [0.29, 0.717) is 18.7 Å². The van der Waals surface area contributed by atoms with Crippen LogP contribution in [-0.2, 0) is 21.2 Å². The van der Waals surface area contributed by atoms with Crippen LogP contribution in [0.4, 0.5) is 5.69 Å². The molecule has 6 nitrogen and oxygen atoms in total. The summed E-state index contributed by atoms with van der Waals surface area (Å²) in [5, 5.41) is 0. The van der Waals surface area contributed by atoms with Crippen molar-refractivity contribution >= 4 is 27.7 Å². The lowest BCUT2D eigenvalue weighted by Crippen LogP contribution is -2.26. The number of aryl methyl sites for hydroxylation is 1. The second-order valence-corrected chi connectivity index (χ2v) is 7.41. The number of hydrogen-bond donors (Lipinski definition) is 1. The summed E-state index contributed by atoms with van der Waals surface area (Å²) < 4.78 is 31.4. The van der Waals surface area contributed by atoms with Gasteiger partial charge < -0.3 is 9.32 Å². The Kier molecular flexibility index (Phi) is 4.29. The van der Waals surface area contributed by atoms with Crippen LogP contribution in [0.25, 0.3) is 6.08 Å². The monoisotopic (exact) mass is 346 g/mol. The normalized spacial score (nSPS) is 14.3. The molecule has 1 aromatic heterocycles. The van der Waals surface area contributed by atoms with Gasteiger partial charge in [-0.05, 0) is 62.4 Å². The number of nitrogens with one attached hydrogen (secondary N) is 1. The van der Waals surface area contributed by atoms with E-state index in [0.717, 1.165) is 17.0 Å². The fraction of sp³-hybridized carbons (Fsp3) is 0.235. The van der Waals surface area contributed by atoms with Gasteiger partial charge in [-0.25, -0.2) is 13.1 Å². The summed E-state index contributed by atoms with van der Waals surface area (Å²) in [4.78, 5) is 14.2. The highest BCUT2D eigenvalue weighted by atomic mass is 32.2. The van der Waals surface area contributed by atoms with Crippen molar-refractivity contribution in [2.45, 2.75) is 18.2 Å². The van der Waals surface area contributed by atoms with Gasteiger partial charge in [0.15, 0.2) is 0 Å². The Morgan fingerprint density at radius 1 is 1.29 bits per heavy atom. The van der Waals surface area contributed by atoms with Gasteiger partial charge in [-0.1, -0.05) is 0 Å². The Hall–Kier alpha value is -2.38. The maximum Gasteiger partial charge on any atom is 0.251 e. The number of rotatable bonds is 4. The molecule has 1 aliphatic rings. The first-order chi connectivity index (χ1) is 11.4. The average Bonchev–Trinajstić information content (AvgIpc) is 3.18. The molecule has 0 spiro atoms. The number of fused-ring (bicyclic) bond motifs is 1. The van der Waals surface area contributed by atoms with E-state index in [1.807, 2.05) is 13.0 Å². The standard InChI is InChI=1S/C17H18N2O4S/c1-12-3-4-14(23-12)5-8-17(20)19-10-9-13-11-15(6-7-16(13)19)24(21,22)18-2/h3-8,11,18H,9-10H2,1-2H3. The molecule has 0 radical (unpaired) electrons. The van der Waals surface area contributed by atoms with E-state index in [2.05, 4.69) is 4.72 Å². The molecule has 1 aromatic carbocycles. The van der Waals surface area contributed by atoms with Crippen molar-refractivity contribution in [1.82, 2.24) is 4.72 Å². The molecule has 0 saturated heterocycles. The van der Waals surface area contributed by atoms with Crippen molar-refractivity contribution in [3.8, 4) is 0 Å². The van der Waals surface area contributed by atoms with Gasteiger partial charge >= 0.3 is 0 Å². The van der Waals surface area contributed by atoms with Crippen LogP contribution in [0.2, 0.25) is 0 Å². The van der Waals surface area contributed by atoms with Gasteiger partial charge in [0.25, 0.3) is 5.91 Å². The van der Waals surface area contributed by atoms with Gasteiger partial charge in [0.05, 0.1) is 4.90 Å². The zero-order chi connectivity index (χ0) is 17.3. The van der Waals surface area contributed by atoms with E-state index in [9.17, 15) is 13.2 Å². The fourth-order valence-corrected chi connectivity index (χ4v) is 3.46. The molecule has 0 fully saturated rings. The number of benzene rings is 1. The molecule has 0 atom stereocenters. The third kappa shape index (κ3) is 3.13. The lowest BCUT2D eigenvalue weighted by molar-refractivity contribution is -0.114. The van der Waals surface area contributed by atoms with Crippen molar-refractivity contribution in [3.63, 3.8) is 0 Å². The van der Waals surface area contributed by atoms with E-state index < -0.39 is 10.0 Å². The Morgan fingerprint density at radius 3 is 2.75 bits per heavy atom. The first-order valence-electron chi connectivity index (χ1n) is 7.53. The molecule has 3 rings (SSSR count). The minimum absolute atomic E-state index is 0.160. The first-order valence-corrected chi connectivity index (χ1v) is 9.01. The molecule has 0 unspecified atom stereocenters. The van der Waals surface area contributed by atoms with E-state index >= 15 is 0 Å². The maximum absolute atomic E-state index is 12.4. The summed E-state index contributed by atoms with van der Waals surface area (Å²) in [5.41, 5.74) is 1.59. The van der Waals surface area contributed by atoms with Crippen LogP contribution in [0.15, 0.2) is 45.7 Å². The Bertz CT molecular complexity index is 912. The molecule has 2 aromatic rings. The highest BCUT2D eigenvalue weighted by Gasteiger charge is 2.25. The molecule has 0 bridgehead atoms. The minimum Gasteiger partial charge on any atom is -0.462 e. The van der Waals surface area contributed by atoms with Crippen LogP contribution in [0.3, 0.4) is 0 Å². The van der Waals surface area contributed by atoms with Crippen LogP contribution in [0.1, 0.15) is 17.1 Å². The minimum atomic E-state index is -3.48. The Balaban J connectivity index is 1.82. The van der Waals surface area contributed by atoms with Crippen LogP contribution in [0.5, 0.6) is 0 Å². The number of anilines is 1. The van der Waals surface area contributed by atoms with Gasteiger partial charge in [0.2, 0.25) is 10.0 Å². The van der Waals surface area contributed by atoms with Crippen LogP contribution in [0, 0.1) is 6.92 Å². The number of carbonyl (C=O) groups excluding carboxylic acids is 1. The number of hydrogen-bond acceptors (Lipinski definition) is 4. The molecular weight excluding hydrogens is 328 g/mol. The second-order valence-electron chi connectivity index (χ2n) is 5.52. The average molecular weight is 346 g/mol. The Labute approximate surface area is 140 Å². The van der Waals surface area contributed by atoms with Gasteiger partial charge in [-0.2, -0.15) is 0 Å². The summed E-state index contributed by atoms with van der Waals surface area (Å²) in [6, 6.07) is 8.43. The number of sulfonamides is 1. The predicted molar refractivity (Wildman–Crippen MR) is 91.2 cm³/mol. The predicted octanol–water partition coefficient (Wildman–Crippen LogP) is 2.10. The lowest BCUT2D eigenvalue weighted by Gasteiger charge is -2.15. The van der Waals surface area contributed by atoms with Crippen molar-refractivity contribution in [2.75, 3.05) is 18.5 Å². The van der Waals surface area contributed by atoms with Crippen LogP contribution in [-0.4, -0.2) is 27.9 Å². The highest BCUT2D eigenvalue weighted by molar-refractivity contribution is 7.89. The molecule has 1 N–H and O–H groups in total. The van der Waals surface area contributed by atoms with Gasteiger partial charge in [0.1, 0.15) is 11.5 Å². The Morgan fingerprint density at radius 2 is 2.08 bits per heavy atom. The molecular formula is C17H18N2O4S. The molecule has 1 aliphatic heterocycles. The molecule has 7 heteroatoms. The maximum atomic E-state index is 12.4. The van der Waals surface area contributed by atoms with E-state index in [1.54, 1.807) is 29.2 Å². The summed E-state index contributed by atoms with van der Waals surface area (Å²) >= 11 is 0. The molecule has 1 amide bonds. The molecule has 24 heavy (non-hydrogen) atoms. The van der Waals surface area contributed by atoms with Gasteiger partial charge in [-0.15, -0.1) is 0 Å². The third-order valence-electron chi connectivity index (χ3n) is 3.94. The highest BCUT2D eigenvalue weighted by Crippen LogP contribution is 2.30. The topological polar surface area (TPSA) is 79.6 Å². The summed E-state index contributed by atoms with van der Waals surface area (Å²) in [5.74, 6) is 1.25. The fourth-order valence-electron chi connectivity index (χ4n) is 2.68. The van der Waals surface area contributed by atoms with Crippen molar-refractivity contribution in [2.24, 2.45) is 0 Å². The molecule has 126 valence electrons. The second kappa shape index (κ2) is 6.26. The van der Waals surface area contributed by atoms with Crippen molar-refractivity contribution < 1.29 is 17.6 Å². The van der Waals surface area contributed by atoms with Crippen molar-refractivity contribution in [1.29, 1.82) is 0 Å². The van der Waals surface area contributed by atoms with Gasteiger partial charge in [-0.3, -0.25) is 4.79 Å². The summed E-state index contributed by atoms with van der Waals surface area (Å²) in [6.45, 7) is 2.37. The number of carbonyl (C=O) groups is 1. The SMILES string of the molecule is CNS(=O)(=O)c1ccc2c(c1)CCN2C(=O)C=Cc1ccc(C)o1. The lowest BCUT2D eigenvalue weighted by atomic mass is 10.2. The van der Waals surface area contributed by atoms with E-state index in [4.69, 9.17) is 4.42 Å². The largest absolute Gasteiger partial charge is 0.462 e.